The summed E-state index contributed by atoms with van der Waals surface area (Å²) in [4.78, 5) is 18.6. The number of fused-ring (bicyclic) bond motifs is 3. The van der Waals surface area contributed by atoms with Crippen molar-refractivity contribution in [3.8, 4) is 11.5 Å². The topological polar surface area (TPSA) is 54.6 Å². The molecule has 32 heavy (non-hydrogen) atoms. The molecule has 0 aliphatic carbocycles. The average Bonchev–Trinajstić information content (AvgIpc) is 3.21. The molecule has 0 bridgehead atoms. The van der Waals surface area contributed by atoms with Gasteiger partial charge in [0.25, 0.3) is 5.91 Å². The van der Waals surface area contributed by atoms with Crippen molar-refractivity contribution < 1.29 is 18.7 Å². The minimum atomic E-state index is -0.357. The van der Waals surface area contributed by atoms with Crippen molar-refractivity contribution in [3.63, 3.8) is 0 Å². The lowest BCUT2D eigenvalue weighted by molar-refractivity contribution is -0.135. The molecule has 6 heteroatoms. The number of rotatable bonds is 5. The lowest BCUT2D eigenvalue weighted by atomic mass is 9.92. The van der Waals surface area contributed by atoms with Crippen LogP contribution in [0.3, 0.4) is 0 Å². The van der Waals surface area contributed by atoms with Crippen molar-refractivity contribution in [3.05, 3.63) is 95.4 Å². The zero-order valence-electron chi connectivity index (χ0n) is 17.7. The molecular weight excluding hydrogens is 407 g/mol. The van der Waals surface area contributed by atoms with E-state index < -0.39 is 0 Å². The summed E-state index contributed by atoms with van der Waals surface area (Å²) in [6, 6.07) is 21.2. The smallest absolute Gasteiger partial charge is 0.261 e. The fraction of sp³-hybridized carbons (Fsp3) is 0.192. The molecule has 2 heterocycles. The Morgan fingerprint density at radius 3 is 2.59 bits per heavy atom. The largest absolute Gasteiger partial charge is 0.497 e. The van der Waals surface area contributed by atoms with Crippen LogP contribution in [0.4, 0.5) is 4.39 Å². The van der Waals surface area contributed by atoms with Gasteiger partial charge in [-0.25, -0.2) is 4.39 Å². The molecule has 1 amide bonds. The van der Waals surface area contributed by atoms with Gasteiger partial charge >= 0.3 is 0 Å². The number of carbonyl (C=O) groups is 1. The number of halogens is 1. The molecule has 4 aromatic rings. The third-order valence-electron chi connectivity index (χ3n) is 5.95. The first kappa shape index (κ1) is 20.1. The monoisotopic (exact) mass is 430 g/mol. The fourth-order valence-corrected chi connectivity index (χ4v) is 4.40. The molecule has 1 aliphatic rings. The van der Waals surface area contributed by atoms with Crippen molar-refractivity contribution >= 4 is 16.8 Å². The molecular formula is C26H23FN2O3. The Kier molecular flexibility index (Phi) is 5.27. The quantitative estimate of drug-likeness (QED) is 0.492. The number of amides is 1. The molecule has 0 radical (unpaired) electrons. The van der Waals surface area contributed by atoms with E-state index in [4.69, 9.17) is 9.47 Å². The number of aromatic nitrogens is 1. The van der Waals surface area contributed by atoms with Gasteiger partial charge in [-0.1, -0.05) is 30.3 Å². The Morgan fingerprint density at radius 2 is 1.84 bits per heavy atom. The van der Waals surface area contributed by atoms with E-state index in [1.54, 1.807) is 19.2 Å². The third-order valence-corrected chi connectivity index (χ3v) is 5.95. The highest BCUT2D eigenvalue weighted by atomic mass is 19.1. The molecule has 1 aromatic heterocycles. The second-order valence-electron chi connectivity index (χ2n) is 7.82. The van der Waals surface area contributed by atoms with E-state index in [1.807, 2.05) is 53.4 Å². The van der Waals surface area contributed by atoms with Gasteiger partial charge in [0, 0.05) is 23.1 Å². The molecule has 1 aliphatic heterocycles. The first-order chi connectivity index (χ1) is 15.6. The summed E-state index contributed by atoms with van der Waals surface area (Å²) in [7, 11) is 1.65. The van der Waals surface area contributed by atoms with E-state index in [0.717, 1.165) is 33.5 Å². The van der Waals surface area contributed by atoms with Gasteiger partial charge < -0.3 is 19.4 Å². The van der Waals surface area contributed by atoms with Crippen LogP contribution in [0.2, 0.25) is 0 Å². The highest BCUT2D eigenvalue weighted by Gasteiger charge is 2.34. The number of para-hydroxylation sites is 1. The van der Waals surface area contributed by atoms with Gasteiger partial charge in [-0.2, -0.15) is 0 Å². The summed E-state index contributed by atoms with van der Waals surface area (Å²) in [5, 5.41) is 1.08. The summed E-state index contributed by atoms with van der Waals surface area (Å²) >= 11 is 0. The maximum absolute atomic E-state index is 13.6. The standard InChI is InChI=1S/C26H23FN2O3/c1-31-20-11-12-23-22(15-20)21-13-14-29(24(30)16-32-19-5-3-2-4-6-19)26(25(21)28-23)17-7-9-18(27)10-8-17/h2-12,15,26,28H,13-14,16H2,1H3/t26-/m1/s1. The van der Waals surface area contributed by atoms with Gasteiger partial charge in [0.05, 0.1) is 13.2 Å². The summed E-state index contributed by atoms with van der Waals surface area (Å²) in [5.74, 6) is 1.00. The van der Waals surface area contributed by atoms with E-state index in [2.05, 4.69) is 4.98 Å². The van der Waals surface area contributed by atoms with Crippen LogP contribution < -0.4 is 9.47 Å². The molecule has 0 unspecified atom stereocenters. The predicted octanol–water partition coefficient (Wildman–Crippen LogP) is 4.87. The van der Waals surface area contributed by atoms with Crippen LogP contribution in [0.5, 0.6) is 11.5 Å². The van der Waals surface area contributed by atoms with Crippen molar-refractivity contribution in [2.24, 2.45) is 0 Å². The molecule has 162 valence electrons. The lowest BCUT2D eigenvalue weighted by Gasteiger charge is -2.36. The fourth-order valence-electron chi connectivity index (χ4n) is 4.40. The number of nitrogens with one attached hydrogen (secondary N) is 1. The van der Waals surface area contributed by atoms with Gasteiger partial charge in [0.2, 0.25) is 0 Å². The Labute approximate surface area is 185 Å². The van der Waals surface area contributed by atoms with E-state index in [0.29, 0.717) is 18.7 Å². The Morgan fingerprint density at radius 1 is 1.06 bits per heavy atom. The minimum absolute atomic E-state index is 0.0644. The number of hydrogen-bond acceptors (Lipinski definition) is 3. The Bertz CT molecular complexity index is 1250. The van der Waals surface area contributed by atoms with Gasteiger partial charge in [0.15, 0.2) is 6.61 Å². The SMILES string of the molecule is COc1ccc2[nH]c3c(c2c1)CCN(C(=O)COc1ccccc1)[C@@H]3c1ccc(F)cc1. The van der Waals surface area contributed by atoms with E-state index in [1.165, 1.54) is 12.1 Å². The number of H-pyrrole nitrogens is 1. The highest BCUT2D eigenvalue weighted by Crippen LogP contribution is 2.39. The van der Waals surface area contributed by atoms with Crippen molar-refractivity contribution in [2.75, 3.05) is 20.3 Å². The number of carbonyl (C=O) groups excluding carboxylic acids is 1. The molecule has 1 atom stereocenters. The predicted molar refractivity (Wildman–Crippen MR) is 120 cm³/mol. The number of hydrogen-bond donors (Lipinski definition) is 1. The highest BCUT2D eigenvalue weighted by molar-refractivity contribution is 5.88. The second kappa shape index (κ2) is 8.38. The van der Waals surface area contributed by atoms with Crippen LogP contribution in [-0.2, 0) is 11.2 Å². The van der Waals surface area contributed by atoms with Gasteiger partial charge in [-0.15, -0.1) is 0 Å². The zero-order valence-corrected chi connectivity index (χ0v) is 17.7. The minimum Gasteiger partial charge on any atom is -0.497 e. The van der Waals surface area contributed by atoms with Crippen LogP contribution in [0.1, 0.15) is 22.9 Å². The first-order valence-corrected chi connectivity index (χ1v) is 10.6. The van der Waals surface area contributed by atoms with Crippen LogP contribution in [0.25, 0.3) is 10.9 Å². The van der Waals surface area contributed by atoms with Crippen LogP contribution in [0.15, 0.2) is 72.8 Å². The summed E-state index contributed by atoms with van der Waals surface area (Å²) < 4.78 is 24.8. The van der Waals surface area contributed by atoms with Gasteiger partial charge in [0.1, 0.15) is 17.3 Å². The van der Waals surface area contributed by atoms with E-state index >= 15 is 0 Å². The van der Waals surface area contributed by atoms with E-state index in [-0.39, 0.29) is 24.4 Å². The number of ether oxygens (including phenoxy) is 2. The molecule has 0 spiro atoms. The maximum atomic E-state index is 13.6. The second-order valence-corrected chi connectivity index (χ2v) is 7.82. The molecule has 5 rings (SSSR count). The molecule has 0 fully saturated rings. The molecule has 5 nitrogen and oxygen atoms in total. The lowest BCUT2D eigenvalue weighted by Crippen LogP contribution is -2.42. The number of methoxy groups -OCH3 is 1. The average molecular weight is 430 g/mol. The van der Waals surface area contributed by atoms with Crippen LogP contribution in [-0.4, -0.2) is 36.1 Å². The van der Waals surface area contributed by atoms with Crippen molar-refractivity contribution in [1.29, 1.82) is 0 Å². The normalized spacial score (nSPS) is 15.4. The van der Waals surface area contributed by atoms with Gasteiger partial charge in [-0.3, -0.25) is 4.79 Å². The number of benzene rings is 3. The Balaban J connectivity index is 1.53. The zero-order chi connectivity index (χ0) is 22.1. The summed E-state index contributed by atoms with van der Waals surface area (Å²) in [5.41, 5.74) is 3.93. The van der Waals surface area contributed by atoms with E-state index in [9.17, 15) is 9.18 Å². The maximum Gasteiger partial charge on any atom is 0.261 e. The first-order valence-electron chi connectivity index (χ1n) is 10.6. The third kappa shape index (κ3) is 3.68. The van der Waals surface area contributed by atoms with Crippen LogP contribution in [0, 0.1) is 5.82 Å². The van der Waals surface area contributed by atoms with Crippen molar-refractivity contribution in [1.82, 2.24) is 9.88 Å². The summed E-state index contributed by atoms with van der Waals surface area (Å²) in [6.07, 6.45) is 0.706. The molecule has 0 saturated heterocycles. The van der Waals surface area contributed by atoms with Crippen LogP contribution >= 0.6 is 0 Å². The molecule has 0 saturated carbocycles. The van der Waals surface area contributed by atoms with Gasteiger partial charge in [-0.05, 0) is 60.0 Å². The van der Waals surface area contributed by atoms with Crippen molar-refractivity contribution in [2.45, 2.75) is 12.5 Å². The molecule has 3 aromatic carbocycles. The summed E-state index contributed by atoms with van der Waals surface area (Å²) in [6.45, 7) is 0.473. The molecule has 1 N–H and O–H groups in total. The number of nitrogens with zero attached hydrogens (tertiary/aromatic N) is 1. The Hall–Kier alpha value is -3.80. The number of aromatic amines is 1.